The number of hydrogen-bond donors (Lipinski definition) is 3. The zero-order valence-corrected chi connectivity index (χ0v) is 24.6. The number of carboxylic acids is 2. The van der Waals surface area contributed by atoms with E-state index in [2.05, 4.69) is 52.3 Å². The van der Waals surface area contributed by atoms with Gasteiger partial charge in [-0.05, 0) is 64.0 Å². The van der Waals surface area contributed by atoms with Crippen LogP contribution in [-0.4, -0.2) is 101 Å². The van der Waals surface area contributed by atoms with E-state index in [1.54, 1.807) is 0 Å². The Balaban J connectivity index is 0.000000407. The second kappa shape index (κ2) is 13.4. The average molecular weight is 590 g/mol. The number of hydrogen-bond acceptors (Lipinski definition) is 8. The predicted octanol–water partition coefficient (Wildman–Crippen LogP) is 3.70. The summed E-state index contributed by atoms with van der Waals surface area (Å²) in [5.41, 5.74) is 4.00. The van der Waals surface area contributed by atoms with Gasteiger partial charge in [-0.15, -0.1) is 0 Å². The second-order valence-electron chi connectivity index (χ2n) is 11.5. The second-order valence-corrected chi connectivity index (χ2v) is 11.5. The van der Waals surface area contributed by atoms with Crippen molar-refractivity contribution in [2.24, 2.45) is 0 Å². The number of likely N-dealkylation sites (N-methyl/N-ethyl adjacent to an activating group) is 1. The van der Waals surface area contributed by atoms with Crippen LogP contribution in [0.15, 0.2) is 59.0 Å². The molecule has 1 amide bonds. The number of carbonyl (C=O) groups excluding carboxylic acids is 1. The van der Waals surface area contributed by atoms with Crippen LogP contribution < -0.4 is 10.2 Å². The number of piperidine rings is 2. The van der Waals surface area contributed by atoms with Gasteiger partial charge in [-0.2, -0.15) is 0 Å². The lowest BCUT2D eigenvalue weighted by Crippen LogP contribution is -2.55. The van der Waals surface area contributed by atoms with Crippen molar-refractivity contribution in [2.75, 3.05) is 45.2 Å². The number of amides is 1. The maximum absolute atomic E-state index is 13.4. The topological polar surface area (TPSA) is 139 Å². The quantitative estimate of drug-likeness (QED) is 0.365. The van der Waals surface area contributed by atoms with Crippen LogP contribution in [0, 0.1) is 0 Å². The Hall–Kier alpha value is -4.22. The van der Waals surface area contributed by atoms with Crippen molar-refractivity contribution in [3.63, 3.8) is 0 Å². The van der Waals surface area contributed by atoms with E-state index in [1.807, 2.05) is 24.3 Å². The maximum Gasteiger partial charge on any atom is 0.328 e. The smallest absolute Gasteiger partial charge is 0.328 e. The van der Waals surface area contributed by atoms with Gasteiger partial charge in [-0.25, -0.2) is 14.6 Å². The van der Waals surface area contributed by atoms with Gasteiger partial charge < -0.3 is 34.6 Å². The summed E-state index contributed by atoms with van der Waals surface area (Å²) in [4.78, 5) is 44.6. The molecule has 0 spiro atoms. The van der Waals surface area contributed by atoms with Gasteiger partial charge in [0.2, 0.25) is 5.89 Å². The van der Waals surface area contributed by atoms with Crippen LogP contribution in [0.5, 0.6) is 0 Å². The molecule has 0 aliphatic carbocycles. The number of oxazole rings is 1. The molecule has 2 atom stereocenters. The summed E-state index contributed by atoms with van der Waals surface area (Å²) in [7, 11) is 4.40. The zero-order valence-electron chi connectivity index (χ0n) is 24.6. The molecular weight excluding hydrogens is 550 g/mol. The van der Waals surface area contributed by atoms with Gasteiger partial charge >= 0.3 is 11.9 Å². The Morgan fingerprint density at radius 1 is 0.907 bits per heavy atom. The summed E-state index contributed by atoms with van der Waals surface area (Å²) in [6, 6.07) is 15.3. The van der Waals surface area contributed by atoms with Crippen LogP contribution in [-0.2, 0) is 9.59 Å². The molecule has 0 saturated carbocycles. The third-order valence-electron chi connectivity index (χ3n) is 8.69. The van der Waals surface area contributed by atoms with Crippen LogP contribution >= 0.6 is 0 Å². The molecule has 1 aromatic heterocycles. The average Bonchev–Trinajstić information content (AvgIpc) is 3.42. The molecule has 3 saturated heterocycles. The van der Waals surface area contributed by atoms with Crippen LogP contribution in [0.1, 0.15) is 42.5 Å². The fourth-order valence-corrected chi connectivity index (χ4v) is 6.36. The predicted molar refractivity (Wildman–Crippen MR) is 163 cm³/mol. The fourth-order valence-electron chi connectivity index (χ4n) is 6.36. The Bertz CT molecular complexity index is 1460. The van der Waals surface area contributed by atoms with E-state index < -0.39 is 11.9 Å². The van der Waals surface area contributed by atoms with Crippen LogP contribution in [0.2, 0.25) is 0 Å². The number of anilines is 1. The highest BCUT2D eigenvalue weighted by atomic mass is 16.4. The van der Waals surface area contributed by atoms with Gasteiger partial charge in [0.15, 0.2) is 5.58 Å². The summed E-state index contributed by atoms with van der Waals surface area (Å²) >= 11 is 0. The van der Waals surface area contributed by atoms with Crippen molar-refractivity contribution in [2.45, 2.75) is 50.2 Å². The minimum atomic E-state index is -1.26. The summed E-state index contributed by atoms with van der Waals surface area (Å²) in [6.07, 6.45) is 6.93. The number of aromatic nitrogens is 1. The van der Waals surface area contributed by atoms with Gasteiger partial charge in [0, 0.05) is 62.1 Å². The van der Waals surface area contributed by atoms with E-state index >= 15 is 0 Å². The standard InChI is InChI=1S/C28H35N5O2.C4H4O4/c1-31-13-15-33(16-14-31)24-11-4-3-9-22(24)28-30-26-23(10-6-12-25(26)35-28)27(34)29-19-17-20-7-5-8-21(18-19)32(20)2;5-3(6)1-2-4(7)8/h3-4,6,9-12,19-21H,5,7-8,13-18H2,1-2H3,(H,29,34);1-2H,(H,5,6)(H,7,8). The summed E-state index contributed by atoms with van der Waals surface area (Å²) in [5, 5.41) is 19.0. The molecule has 0 radical (unpaired) electrons. The molecule has 2 aromatic carbocycles. The van der Waals surface area contributed by atoms with E-state index in [0.717, 1.165) is 50.3 Å². The van der Waals surface area contributed by atoms with Gasteiger partial charge in [0.05, 0.1) is 11.1 Å². The third-order valence-corrected chi connectivity index (χ3v) is 8.69. The van der Waals surface area contributed by atoms with E-state index in [0.29, 0.717) is 46.8 Å². The summed E-state index contributed by atoms with van der Waals surface area (Å²) in [5.74, 6) is -1.99. The number of nitrogens with zero attached hydrogens (tertiary/aromatic N) is 4. The Labute approximate surface area is 250 Å². The van der Waals surface area contributed by atoms with Crippen molar-refractivity contribution in [1.82, 2.24) is 20.1 Å². The molecule has 228 valence electrons. The molecule has 2 unspecified atom stereocenters. The highest BCUT2D eigenvalue weighted by molar-refractivity contribution is 6.05. The minimum Gasteiger partial charge on any atom is -0.478 e. The first kappa shape index (κ1) is 30.2. The lowest BCUT2D eigenvalue weighted by atomic mass is 9.82. The van der Waals surface area contributed by atoms with Gasteiger partial charge in [0.1, 0.15) is 5.52 Å². The Kier molecular flexibility index (Phi) is 9.42. The number of aliphatic carboxylic acids is 2. The molecule has 2 bridgehead atoms. The van der Waals surface area contributed by atoms with Crippen molar-refractivity contribution < 1.29 is 29.0 Å². The number of rotatable bonds is 6. The molecule has 3 aliphatic heterocycles. The number of benzene rings is 2. The Morgan fingerprint density at radius 3 is 2.21 bits per heavy atom. The van der Waals surface area contributed by atoms with E-state index in [4.69, 9.17) is 19.6 Å². The summed E-state index contributed by atoms with van der Waals surface area (Å²) < 4.78 is 6.23. The van der Waals surface area contributed by atoms with E-state index in [9.17, 15) is 14.4 Å². The lowest BCUT2D eigenvalue weighted by molar-refractivity contribution is -0.134. The zero-order chi connectivity index (χ0) is 30.5. The first-order valence-electron chi connectivity index (χ1n) is 14.8. The molecule has 6 rings (SSSR count). The first-order valence-corrected chi connectivity index (χ1v) is 14.8. The SMILES string of the molecule is CN1CCN(c2ccccc2-c2nc3c(C(=O)NC4CC5CCCC(C4)N5C)cccc3o2)CC1.O=C(O)C=CC(=O)O. The molecule has 43 heavy (non-hydrogen) atoms. The number of carboxylic acid groups (broad SMARTS) is 2. The molecule has 11 nitrogen and oxygen atoms in total. The first-order chi connectivity index (χ1) is 20.7. The van der Waals surface area contributed by atoms with E-state index in [-0.39, 0.29) is 11.9 Å². The fraction of sp³-hybridized carbons (Fsp3) is 0.438. The van der Waals surface area contributed by atoms with Gasteiger partial charge in [0.25, 0.3) is 5.91 Å². The Morgan fingerprint density at radius 2 is 1.56 bits per heavy atom. The molecule has 3 aliphatic rings. The van der Waals surface area contributed by atoms with Gasteiger partial charge in [-0.1, -0.05) is 24.6 Å². The molecule has 11 heteroatoms. The highest BCUT2D eigenvalue weighted by Crippen LogP contribution is 2.35. The van der Waals surface area contributed by atoms with E-state index in [1.165, 1.54) is 19.3 Å². The number of para-hydroxylation sites is 2. The number of carbonyl (C=O) groups is 3. The van der Waals surface area contributed by atoms with Gasteiger partial charge in [-0.3, -0.25) is 4.79 Å². The molecular formula is C32H39N5O6. The molecule has 3 aromatic rings. The number of fused-ring (bicyclic) bond motifs is 3. The normalized spacial score (nSPS) is 22.7. The molecule has 4 heterocycles. The monoisotopic (exact) mass is 589 g/mol. The third kappa shape index (κ3) is 7.23. The minimum absolute atomic E-state index is 0.0459. The largest absolute Gasteiger partial charge is 0.478 e. The highest BCUT2D eigenvalue weighted by Gasteiger charge is 2.36. The van der Waals surface area contributed by atoms with Crippen molar-refractivity contribution >= 4 is 34.6 Å². The molecule has 3 fully saturated rings. The maximum atomic E-state index is 13.4. The van der Waals surface area contributed by atoms with Crippen molar-refractivity contribution in [3.05, 3.63) is 60.2 Å². The van der Waals surface area contributed by atoms with Crippen LogP contribution in [0.4, 0.5) is 5.69 Å². The van der Waals surface area contributed by atoms with Crippen LogP contribution in [0.3, 0.4) is 0 Å². The molecule has 3 N–H and O–H groups in total. The number of piperazine rings is 1. The van der Waals surface area contributed by atoms with Crippen molar-refractivity contribution in [3.8, 4) is 11.5 Å². The number of nitrogens with one attached hydrogen (secondary N) is 1. The lowest BCUT2D eigenvalue weighted by Gasteiger charge is -2.47. The summed E-state index contributed by atoms with van der Waals surface area (Å²) in [6.45, 7) is 4.01. The van der Waals surface area contributed by atoms with Crippen LogP contribution in [0.25, 0.3) is 22.6 Å². The van der Waals surface area contributed by atoms with Crippen molar-refractivity contribution in [1.29, 1.82) is 0 Å².